The lowest BCUT2D eigenvalue weighted by Crippen LogP contribution is -2.32. The summed E-state index contributed by atoms with van der Waals surface area (Å²) < 4.78 is 11.3. The largest absolute Gasteiger partial charge is 0.493 e. The predicted octanol–water partition coefficient (Wildman–Crippen LogP) is 4.35. The Morgan fingerprint density at radius 2 is 2.07 bits per heavy atom. The molecule has 0 aromatic heterocycles. The van der Waals surface area contributed by atoms with Crippen molar-refractivity contribution in [3.63, 3.8) is 0 Å². The highest BCUT2D eigenvalue weighted by atomic mass is 35.5. The van der Waals surface area contributed by atoms with Gasteiger partial charge in [0, 0.05) is 24.6 Å². The summed E-state index contributed by atoms with van der Waals surface area (Å²) in [4.78, 5) is 24.9. The van der Waals surface area contributed by atoms with E-state index in [1.54, 1.807) is 30.3 Å². The number of halogens is 1. The summed E-state index contributed by atoms with van der Waals surface area (Å²) in [6.45, 7) is 3.56. The average molecular weight is 431 g/mol. The van der Waals surface area contributed by atoms with Gasteiger partial charge in [-0.15, -0.1) is 0 Å². The van der Waals surface area contributed by atoms with Crippen molar-refractivity contribution in [3.8, 4) is 5.75 Å². The molecule has 0 radical (unpaired) electrons. The molecular weight excluding hydrogens is 404 g/mol. The van der Waals surface area contributed by atoms with Gasteiger partial charge in [-0.25, -0.2) is 0 Å². The second kappa shape index (κ2) is 11.0. The molecule has 160 valence electrons. The number of hydrogen-bond donors (Lipinski definition) is 2. The van der Waals surface area contributed by atoms with Gasteiger partial charge in [0.15, 0.2) is 0 Å². The molecule has 2 aromatic rings. The van der Waals surface area contributed by atoms with E-state index in [4.69, 9.17) is 21.1 Å². The minimum Gasteiger partial charge on any atom is -0.493 e. The van der Waals surface area contributed by atoms with E-state index in [1.165, 1.54) is 0 Å². The lowest BCUT2D eigenvalue weighted by molar-refractivity contribution is -0.116. The summed E-state index contributed by atoms with van der Waals surface area (Å²) in [5.41, 5.74) is 1.90. The molecule has 6 nitrogen and oxygen atoms in total. The minimum absolute atomic E-state index is 0.0694. The number of benzene rings is 2. The number of aryl methyl sites for hydroxylation is 1. The fraction of sp³-hybridized carbons (Fsp3) is 0.391. The minimum atomic E-state index is -0.219. The van der Waals surface area contributed by atoms with Gasteiger partial charge in [0.25, 0.3) is 5.91 Å². The molecule has 0 bridgehead atoms. The van der Waals surface area contributed by atoms with Crippen LogP contribution in [-0.2, 0) is 9.53 Å². The zero-order chi connectivity index (χ0) is 21.3. The Hall–Kier alpha value is -2.57. The number of para-hydroxylation sites is 1. The highest BCUT2D eigenvalue weighted by Gasteiger charge is 2.18. The molecule has 0 aliphatic carbocycles. The summed E-state index contributed by atoms with van der Waals surface area (Å²) in [7, 11) is 0. The fourth-order valence-electron chi connectivity index (χ4n) is 3.30. The Morgan fingerprint density at radius 3 is 2.83 bits per heavy atom. The number of carbonyl (C=O) groups is 2. The first-order chi connectivity index (χ1) is 14.5. The van der Waals surface area contributed by atoms with Crippen LogP contribution in [0.25, 0.3) is 0 Å². The Labute approximate surface area is 181 Å². The van der Waals surface area contributed by atoms with Crippen molar-refractivity contribution < 1.29 is 19.1 Å². The van der Waals surface area contributed by atoms with Crippen molar-refractivity contribution in [1.82, 2.24) is 5.32 Å². The van der Waals surface area contributed by atoms with Crippen LogP contribution in [0.1, 0.15) is 41.6 Å². The SMILES string of the molecule is Cc1cc(Cl)ccc1OCCCC(=O)Nc1ccccc1C(=O)NC[C@@H]1CCCO1. The second-order valence-corrected chi connectivity index (χ2v) is 7.74. The predicted molar refractivity (Wildman–Crippen MR) is 117 cm³/mol. The Bertz CT molecular complexity index is 881. The van der Waals surface area contributed by atoms with Gasteiger partial charge in [-0.2, -0.15) is 0 Å². The molecule has 1 atom stereocenters. The number of hydrogen-bond acceptors (Lipinski definition) is 4. The third-order valence-corrected chi connectivity index (χ3v) is 5.14. The van der Waals surface area contributed by atoms with E-state index < -0.39 is 0 Å². The van der Waals surface area contributed by atoms with Gasteiger partial charge in [-0.05, 0) is 62.1 Å². The van der Waals surface area contributed by atoms with Crippen LogP contribution in [0.5, 0.6) is 5.75 Å². The lowest BCUT2D eigenvalue weighted by Gasteiger charge is -2.14. The molecule has 1 saturated heterocycles. The third kappa shape index (κ3) is 6.47. The van der Waals surface area contributed by atoms with Crippen molar-refractivity contribution in [1.29, 1.82) is 0 Å². The summed E-state index contributed by atoms with van der Waals surface area (Å²) in [5.74, 6) is 0.377. The van der Waals surface area contributed by atoms with E-state index in [9.17, 15) is 9.59 Å². The summed E-state index contributed by atoms with van der Waals surface area (Å²) >= 11 is 5.94. The standard InChI is InChI=1S/C23H27ClN2O4/c1-16-14-17(24)10-11-21(16)30-13-5-9-22(27)26-20-8-3-2-7-19(20)23(28)25-15-18-6-4-12-29-18/h2-3,7-8,10-11,14,18H,4-6,9,12-13,15H2,1H3,(H,25,28)(H,26,27)/t18-/m0/s1. The van der Waals surface area contributed by atoms with Gasteiger partial charge in [0.1, 0.15) is 5.75 Å². The van der Waals surface area contributed by atoms with Crippen molar-refractivity contribution >= 4 is 29.1 Å². The molecule has 30 heavy (non-hydrogen) atoms. The molecule has 1 aliphatic rings. The number of carbonyl (C=O) groups excluding carboxylic acids is 2. The van der Waals surface area contributed by atoms with Crippen LogP contribution >= 0.6 is 11.6 Å². The Kier molecular flexibility index (Phi) is 8.11. The number of amides is 2. The molecule has 0 saturated carbocycles. The molecule has 1 fully saturated rings. The first-order valence-electron chi connectivity index (χ1n) is 10.2. The number of rotatable bonds is 9. The van der Waals surface area contributed by atoms with Gasteiger partial charge in [0.2, 0.25) is 5.91 Å². The van der Waals surface area contributed by atoms with E-state index in [-0.39, 0.29) is 17.9 Å². The van der Waals surface area contributed by atoms with E-state index in [1.807, 2.05) is 19.1 Å². The first-order valence-corrected chi connectivity index (χ1v) is 10.6. The number of anilines is 1. The van der Waals surface area contributed by atoms with Crippen LogP contribution in [-0.4, -0.2) is 37.7 Å². The molecule has 1 aliphatic heterocycles. The van der Waals surface area contributed by atoms with Crippen LogP contribution in [0, 0.1) is 6.92 Å². The van der Waals surface area contributed by atoms with Gasteiger partial charge < -0.3 is 20.1 Å². The van der Waals surface area contributed by atoms with Gasteiger partial charge in [-0.3, -0.25) is 9.59 Å². The van der Waals surface area contributed by atoms with E-state index >= 15 is 0 Å². The van der Waals surface area contributed by atoms with E-state index in [0.29, 0.717) is 42.3 Å². The van der Waals surface area contributed by atoms with Crippen molar-refractivity contribution in [2.75, 3.05) is 25.1 Å². The van der Waals surface area contributed by atoms with Crippen LogP contribution in [0.2, 0.25) is 5.02 Å². The van der Waals surface area contributed by atoms with Gasteiger partial charge in [-0.1, -0.05) is 23.7 Å². The monoisotopic (exact) mass is 430 g/mol. The van der Waals surface area contributed by atoms with Crippen LogP contribution in [0.4, 0.5) is 5.69 Å². The molecule has 2 N–H and O–H groups in total. The highest BCUT2D eigenvalue weighted by Crippen LogP contribution is 2.22. The highest BCUT2D eigenvalue weighted by molar-refractivity contribution is 6.30. The van der Waals surface area contributed by atoms with Crippen molar-refractivity contribution in [2.24, 2.45) is 0 Å². The first kappa shape index (κ1) is 22.1. The van der Waals surface area contributed by atoms with E-state index in [0.717, 1.165) is 30.8 Å². The maximum atomic E-state index is 12.5. The maximum Gasteiger partial charge on any atom is 0.253 e. The smallest absolute Gasteiger partial charge is 0.253 e. The van der Waals surface area contributed by atoms with Crippen LogP contribution in [0.3, 0.4) is 0 Å². The molecule has 0 unspecified atom stereocenters. The normalized spacial score (nSPS) is 15.6. The maximum absolute atomic E-state index is 12.5. The lowest BCUT2D eigenvalue weighted by atomic mass is 10.1. The Morgan fingerprint density at radius 1 is 1.23 bits per heavy atom. The molecule has 2 amide bonds. The molecule has 7 heteroatoms. The Balaban J connectivity index is 1.45. The zero-order valence-electron chi connectivity index (χ0n) is 17.1. The molecule has 1 heterocycles. The molecule has 3 rings (SSSR count). The topological polar surface area (TPSA) is 76.7 Å². The molecular formula is C23H27ClN2O4. The quantitative estimate of drug-likeness (QED) is 0.579. The van der Waals surface area contributed by atoms with E-state index in [2.05, 4.69) is 10.6 Å². The van der Waals surface area contributed by atoms with Crippen LogP contribution in [0.15, 0.2) is 42.5 Å². The third-order valence-electron chi connectivity index (χ3n) is 4.90. The van der Waals surface area contributed by atoms with Gasteiger partial charge >= 0.3 is 0 Å². The van der Waals surface area contributed by atoms with Gasteiger partial charge in [0.05, 0.1) is 24.0 Å². The summed E-state index contributed by atoms with van der Waals surface area (Å²) in [5, 5.41) is 6.39. The number of nitrogens with one attached hydrogen (secondary N) is 2. The fourth-order valence-corrected chi connectivity index (χ4v) is 3.53. The summed E-state index contributed by atoms with van der Waals surface area (Å²) in [6, 6.07) is 12.4. The van der Waals surface area contributed by atoms with Crippen LogP contribution < -0.4 is 15.4 Å². The zero-order valence-corrected chi connectivity index (χ0v) is 17.8. The molecule has 2 aromatic carbocycles. The van der Waals surface area contributed by atoms with Crippen molar-refractivity contribution in [3.05, 3.63) is 58.6 Å². The molecule has 0 spiro atoms. The summed E-state index contributed by atoms with van der Waals surface area (Å²) in [6.07, 6.45) is 2.89. The van der Waals surface area contributed by atoms with Crippen molar-refractivity contribution in [2.45, 2.75) is 38.7 Å². The second-order valence-electron chi connectivity index (χ2n) is 7.30. The number of ether oxygens (including phenoxy) is 2. The average Bonchev–Trinajstić information content (AvgIpc) is 3.25.